The van der Waals surface area contributed by atoms with Crippen molar-refractivity contribution in [2.24, 2.45) is 0 Å². The first-order valence-electron chi connectivity index (χ1n) is 6.06. The Morgan fingerprint density at radius 1 is 1.25 bits per heavy atom. The highest BCUT2D eigenvalue weighted by atomic mass is 16.5. The molecule has 0 aliphatic heterocycles. The number of carbonyl (C=O) groups excluding carboxylic acids is 1. The Morgan fingerprint density at radius 3 is 2.44 bits per heavy atom. The molecule has 0 rings (SSSR count). The minimum Gasteiger partial charge on any atom is -0.466 e. The quantitative estimate of drug-likeness (QED) is 0.614. The van der Waals surface area contributed by atoms with Crippen molar-refractivity contribution in [2.45, 2.75) is 46.1 Å². The third kappa shape index (κ3) is 6.80. The van der Waals surface area contributed by atoms with E-state index in [1.807, 2.05) is 20.8 Å². The van der Waals surface area contributed by atoms with Gasteiger partial charge in [0, 0.05) is 12.1 Å². The minimum absolute atomic E-state index is 0.173. The molecule has 1 unspecified atom stereocenters. The zero-order valence-electron chi connectivity index (χ0n) is 11.0. The van der Waals surface area contributed by atoms with Crippen LogP contribution in [0.15, 0.2) is 0 Å². The molecular weight excluding hydrogens is 206 g/mol. The van der Waals surface area contributed by atoms with Gasteiger partial charge in [0.1, 0.15) is 0 Å². The Kier molecular flexibility index (Phi) is 8.21. The van der Waals surface area contributed by atoms with Gasteiger partial charge in [-0.05, 0) is 33.7 Å². The van der Waals surface area contributed by atoms with Crippen LogP contribution in [0, 0.1) is 0 Å². The Bertz CT molecular complexity index is 187. The molecule has 96 valence electrons. The van der Waals surface area contributed by atoms with E-state index in [0.29, 0.717) is 26.2 Å². The predicted molar refractivity (Wildman–Crippen MR) is 64.4 cm³/mol. The van der Waals surface area contributed by atoms with Crippen LogP contribution in [0.5, 0.6) is 0 Å². The summed E-state index contributed by atoms with van der Waals surface area (Å²) >= 11 is 0. The third-order valence-corrected chi connectivity index (χ3v) is 2.27. The van der Waals surface area contributed by atoms with Crippen LogP contribution in [0.4, 0.5) is 0 Å². The molecule has 0 aromatic carbocycles. The van der Waals surface area contributed by atoms with Gasteiger partial charge in [-0.15, -0.1) is 0 Å². The summed E-state index contributed by atoms with van der Waals surface area (Å²) in [4.78, 5) is 11.5. The first-order chi connectivity index (χ1) is 7.58. The van der Waals surface area contributed by atoms with Crippen molar-refractivity contribution < 1.29 is 14.3 Å². The summed E-state index contributed by atoms with van der Waals surface area (Å²) in [5, 5.41) is 3.34. The van der Waals surface area contributed by atoms with Crippen molar-refractivity contribution in [3.05, 3.63) is 0 Å². The molecule has 0 aromatic rings. The van der Waals surface area contributed by atoms with Crippen molar-refractivity contribution in [2.75, 3.05) is 26.4 Å². The Labute approximate surface area is 98.7 Å². The molecule has 0 radical (unpaired) electrons. The van der Waals surface area contributed by atoms with Crippen LogP contribution in [0.3, 0.4) is 0 Å². The summed E-state index contributed by atoms with van der Waals surface area (Å²) in [6.07, 6.45) is 1.38. The van der Waals surface area contributed by atoms with Crippen molar-refractivity contribution in [1.82, 2.24) is 5.32 Å². The smallest absolute Gasteiger partial charge is 0.307 e. The molecule has 16 heavy (non-hydrogen) atoms. The monoisotopic (exact) mass is 231 g/mol. The average Bonchev–Trinajstić information content (AvgIpc) is 2.24. The zero-order valence-corrected chi connectivity index (χ0v) is 11.0. The molecule has 0 heterocycles. The summed E-state index contributed by atoms with van der Waals surface area (Å²) in [7, 11) is 0. The van der Waals surface area contributed by atoms with Gasteiger partial charge in [-0.1, -0.05) is 6.92 Å². The maximum Gasteiger partial charge on any atom is 0.307 e. The molecule has 0 saturated carbocycles. The lowest BCUT2D eigenvalue weighted by Gasteiger charge is -2.29. The van der Waals surface area contributed by atoms with Gasteiger partial charge in [-0.3, -0.25) is 4.79 Å². The molecule has 4 nitrogen and oxygen atoms in total. The highest BCUT2D eigenvalue weighted by molar-refractivity contribution is 5.70. The second kappa shape index (κ2) is 8.53. The van der Waals surface area contributed by atoms with E-state index in [4.69, 9.17) is 9.47 Å². The number of nitrogens with one attached hydrogen (secondary N) is 1. The number of hydrogen-bond acceptors (Lipinski definition) is 4. The molecular formula is C12H25NO3. The van der Waals surface area contributed by atoms with E-state index < -0.39 is 0 Å². The topological polar surface area (TPSA) is 47.6 Å². The van der Waals surface area contributed by atoms with Crippen LogP contribution in [0.1, 0.15) is 40.5 Å². The summed E-state index contributed by atoms with van der Waals surface area (Å²) in [6.45, 7) is 10.4. The van der Waals surface area contributed by atoms with Gasteiger partial charge < -0.3 is 14.8 Å². The van der Waals surface area contributed by atoms with Gasteiger partial charge in [0.15, 0.2) is 0 Å². The Morgan fingerprint density at radius 2 is 1.94 bits per heavy atom. The lowest BCUT2D eigenvalue weighted by Crippen LogP contribution is -2.48. The summed E-state index contributed by atoms with van der Waals surface area (Å²) in [6, 6.07) is 0. The number of carbonyl (C=O) groups is 1. The van der Waals surface area contributed by atoms with Crippen molar-refractivity contribution >= 4 is 5.97 Å². The highest BCUT2D eigenvalue weighted by Crippen LogP contribution is 2.12. The summed E-state index contributed by atoms with van der Waals surface area (Å²) in [5.74, 6) is -0.173. The lowest BCUT2D eigenvalue weighted by atomic mass is 9.99. The van der Waals surface area contributed by atoms with E-state index in [0.717, 1.165) is 13.0 Å². The molecule has 1 atom stereocenters. The number of hydrogen-bond donors (Lipinski definition) is 1. The van der Waals surface area contributed by atoms with Crippen LogP contribution in [0.25, 0.3) is 0 Å². The van der Waals surface area contributed by atoms with Crippen LogP contribution in [-0.4, -0.2) is 37.9 Å². The molecule has 4 heteroatoms. The van der Waals surface area contributed by atoms with E-state index in [1.54, 1.807) is 0 Å². The molecule has 1 N–H and O–H groups in total. The highest BCUT2D eigenvalue weighted by Gasteiger charge is 2.27. The van der Waals surface area contributed by atoms with Crippen LogP contribution < -0.4 is 5.32 Å². The molecule has 0 saturated heterocycles. The standard InChI is InChI=1S/C12H25NO3/c1-5-8-13-12(4,10-15-6-2)9-11(14)16-7-3/h13H,5-10H2,1-4H3. The van der Waals surface area contributed by atoms with Crippen LogP contribution in [0.2, 0.25) is 0 Å². The number of rotatable bonds is 9. The van der Waals surface area contributed by atoms with Crippen molar-refractivity contribution in [1.29, 1.82) is 0 Å². The maximum atomic E-state index is 11.5. The van der Waals surface area contributed by atoms with E-state index >= 15 is 0 Å². The third-order valence-electron chi connectivity index (χ3n) is 2.27. The lowest BCUT2D eigenvalue weighted by molar-refractivity contribution is -0.145. The van der Waals surface area contributed by atoms with E-state index in [1.165, 1.54) is 0 Å². The Hall–Kier alpha value is -0.610. The normalized spacial score (nSPS) is 14.5. The summed E-state index contributed by atoms with van der Waals surface area (Å²) < 4.78 is 10.4. The second-order valence-corrected chi connectivity index (χ2v) is 4.11. The average molecular weight is 231 g/mol. The van der Waals surface area contributed by atoms with Crippen molar-refractivity contribution in [3.63, 3.8) is 0 Å². The van der Waals surface area contributed by atoms with Gasteiger partial charge in [0.25, 0.3) is 0 Å². The summed E-state index contributed by atoms with van der Waals surface area (Å²) in [5.41, 5.74) is -0.321. The van der Waals surface area contributed by atoms with Crippen molar-refractivity contribution in [3.8, 4) is 0 Å². The number of ether oxygens (including phenoxy) is 2. The molecule has 0 bridgehead atoms. The molecule has 0 aromatic heterocycles. The first-order valence-corrected chi connectivity index (χ1v) is 6.06. The molecule has 0 amide bonds. The van der Waals surface area contributed by atoms with Gasteiger partial charge in [0.05, 0.1) is 19.6 Å². The van der Waals surface area contributed by atoms with E-state index in [2.05, 4.69) is 12.2 Å². The fourth-order valence-corrected chi connectivity index (χ4v) is 1.45. The van der Waals surface area contributed by atoms with Gasteiger partial charge in [0.2, 0.25) is 0 Å². The maximum absolute atomic E-state index is 11.5. The van der Waals surface area contributed by atoms with Gasteiger partial charge in [-0.25, -0.2) is 0 Å². The zero-order chi connectivity index (χ0) is 12.4. The Balaban J connectivity index is 4.21. The van der Waals surface area contributed by atoms with E-state index in [-0.39, 0.29) is 11.5 Å². The van der Waals surface area contributed by atoms with Crippen LogP contribution in [-0.2, 0) is 14.3 Å². The largest absolute Gasteiger partial charge is 0.466 e. The van der Waals surface area contributed by atoms with Gasteiger partial charge >= 0.3 is 5.97 Å². The molecule has 0 spiro atoms. The molecule has 0 fully saturated rings. The fourth-order valence-electron chi connectivity index (χ4n) is 1.45. The predicted octanol–water partition coefficient (Wildman–Crippen LogP) is 1.73. The molecule has 0 aliphatic carbocycles. The fraction of sp³-hybridized carbons (Fsp3) is 0.917. The number of esters is 1. The minimum atomic E-state index is -0.321. The van der Waals surface area contributed by atoms with Gasteiger partial charge in [-0.2, -0.15) is 0 Å². The molecule has 0 aliphatic rings. The second-order valence-electron chi connectivity index (χ2n) is 4.11. The van der Waals surface area contributed by atoms with E-state index in [9.17, 15) is 4.79 Å². The van der Waals surface area contributed by atoms with Crippen LogP contribution >= 0.6 is 0 Å². The SMILES string of the molecule is CCCNC(C)(COCC)CC(=O)OCC. The first kappa shape index (κ1) is 15.4.